The van der Waals surface area contributed by atoms with Crippen LogP contribution in [0.5, 0.6) is 0 Å². The van der Waals surface area contributed by atoms with Crippen LogP contribution in [0.2, 0.25) is 0 Å². The van der Waals surface area contributed by atoms with Gasteiger partial charge in [-0.2, -0.15) is 0 Å². The van der Waals surface area contributed by atoms with Crippen LogP contribution in [0.1, 0.15) is 20.3 Å². The summed E-state index contributed by atoms with van der Waals surface area (Å²) in [7, 11) is 0. The molecule has 0 unspecified atom stereocenters. The van der Waals surface area contributed by atoms with Crippen molar-refractivity contribution in [2.24, 2.45) is 5.92 Å². The van der Waals surface area contributed by atoms with Gasteiger partial charge >= 0.3 is 0 Å². The molecule has 0 aromatic carbocycles. The standard InChI is InChI=1S/C9H16N2OS/c1-7(2)5-8(6-12)11-9-10-3-4-13-9/h3-4,7-8,12H,5-6H2,1-2H3,(H,10,11)/t8-/m1/s1. The Morgan fingerprint density at radius 1 is 1.62 bits per heavy atom. The Morgan fingerprint density at radius 3 is 2.85 bits per heavy atom. The molecule has 0 saturated heterocycles. The number of aliphatic hydroxyl groups is 1. The molecule has 0 amide bonds. The number of anilines is 1. The summed E-state index contributed by atoms with van der Waals surface area (Å²) in [6.07, 6.45) is 2.73. The van der Waals surface area contributed by atoms with Crippen LogP contribution >= 0.6 is 11.3 Å². The van der Waals surface area contributed by atoms with Crippen molar-refractivity contribution < 1.29 is 5.11 Å². The Morgan fingerprint density at radius 2 is 2.38 bits per heavy atom. The third-order valence-corrected chi connectivity index (χ3v) is 2.44. The Kier molecular flexibility index (Phi) is 4.18. The molecule has 2 N–H and O–H groups in total. The molecule has 1 aromatic rings. The van der Waals surface area contributed by atoms with Gasteiger partial charge in [0.15, 0.2) is 5.13 Å². The molecule has 1 atom stereocenters. The van der Waals surface area contributed by atoms with Crippen molar-refractivity contribution in [3.05, 3.63) is 11.6 Å². The lowest BCUT2D eigenvalue weighted by atomic mass is 10.1. The highest BCUT2D eigenvalue weighted by Crippen LogP contribution is 2.14. The van der Waals surface area contributed by atoms with Crippen molar-refractivity contribution in [1.29, 1.82) is 0 Å². The monoisotopic (exact) mass is 200 g/mol. The number of hydrogen-bond donors (Lipinski definition) is 2. The molecule has 1 heterocycles. The van der Waals surface area contributed by atoms with E-state index in [1.807, 2.05) is 5.38 Å². The van der Waals surface area contributed by atoms with Crippen molar-refractivity contribution in [1.82, 2.24) is 4.98 Å². The molecule has 0 bridgehead atoms. The first-order valence-corrected chi connectivity index (χ1v) is 5.37. The average Bonchev–Trinajstić information content (AvgIpc) is 2.55. The smallest absolute Gasteiger partial charge is 0.182 e. The number of rotatable bonds is 5. The summed E-state index contributed by atoms with van der Waals surface area (Å²) in [6, 6.07) is 0.131. The summed E-state index contributed by atoms with van der Waals surface area (Å²) in [6.45, 7) is 4.45. The number of thiazole rings is 1. The molecule has 74 valence electrons. The van der Waals surface area contributed by atoms with E-state index in [2.05, 4.69) is 24.1 Å². The summed E-state index contributed by atoms with van der Waals surface area (Å²) in [5, 5.41) is 15.1. The molecule has 0 saturated carbocycles. The highest BCUT2D eigenvalue weighted by Gasteiger charge is 2.09. The van der Waals surface area contributed by atoms with Gasteiger partial charge in [-0.15, -0.1) is 11.3 Å². The molecule has 0 spiro atoms. The second-order valence-corrected chi connectivity index (χ2v) is 4.39. The quantitative estimate of drug-likeness (QED) is 0.763. The fourth-order valence-electron chi connectivity index (χ4n) is 1.22. The molecule has 1 rings (SSSR count). The molecule has 0 aliphatic carbocycles. The molecular formula is C9H16N2OS. The van der Waals surface area contributed by atoms with Crippen LogP contribution in [0.25, 0.3) is 0 Å². The lowest BCUT2D eigenvalue weighted by Crippen LogP contribution is -2.25. The Bertz CT molecular complexity index is 224. The Labute approximate surface area is 82.8 Å². The van der Waals surface area contributed by atoms with Crippen LogP contribution in [0.15, 0.2) is 11.6 Å². The molecule has 1 aromatic heterocycles. The predicted octanol–water partition coefficient (Wildman–Crippen LogP) is 1.96. The van der Waals surface area contributed by atoms with Crippen molar-refractivity contribution in [3.8, 4) is 0 Å². The SMILES string of the molecule is CC(C)C[C@H](CO)Nc1nccs1. The van der Waals surface area contributed by atoms with E-state index in [0.717, 1.165) is 11.6 Å². The third-order valence-electron chi connectivity index (χ3n) is 1.74. The zero-order valence-electron chi connectivity index (χ0n) is 8.03. The van der Waals surface area contributed by atoms with Crippen LogP contribution < -0.4 is 5.32 Å². The lowest BCUT2D eigenvalue weighted by Gasteiger charge is -2.17. The maximum atomic E-state index is 9.09. The van der Waals surface area contributed by atoms with E-state index in [1.54, 1.807) is 17.5 Å². The first-order chi connectivity index (χ1) is 6.22. The number of nitrogens with one attached hydrogen (secondary N) is 1. The van der Waals surface area contributed by atoms with Crippen LogP contribution in [0.3, 0.4) is 0 Å². The van der Waals surface area contributed by atoms with Gasteiger partial charge in [-0.3, -0.25) is 0 Å². The molecule has 13 heavy (non-hydrogen) atoms. The summed E-state index contributed by atoms with van der Waals surface area (Å²) in [4.78, 5) is 4.11. The maximum Gasteiger partial charge on any atom is 0.182 e. The van der Waals surface area contributed by atoms with Crippen molar-refractivity contribution in [2.45, 2.75) is 26.3 Å². The average molecular weight is 200 g/mol. The normalized spacial score (nSPS) is 13.2. The van der Waals surface area contributed by atoms with Crippen molar-refractivity contribution >= 4 is 16.5 Å². The number of aliphatic hydroxyl groups excluding tert-OH is 1. The summed E-state index contributed by atoms with van der Waals surface area (Å²) < 4.78 is 0. The van der Waals surface area contributed by atoms with Gasteiger partial charge < -0.3 is 10.4 Å². The first kappa shape index (κ1) is 10.5. The second kappa shape index (κ2) is 5.19. The summed E-state index contributed by atoms with van der Waals surface area (Å²) >= 11 is 1.56. The second-order valence-electron chi connectivity index (χ2n) is 3.49. The summed E-state index contributed by atoms with van der Waals surface area (Å²) in [5.74, 6) is 0.588. The van der Waals surface area contributed by atoms with E-state index in [-0.39, 0.29) is 12.6 Å². The highest BCUT2D eigenvalue weighted by atomic mass is 32.1. The van der Waals surface area contributed by atoms with Gasteiger partial charge in [-0.25, -0.2) is 4.98 Å². The van der Waals surface area contributed by atoms with Crippen molar-refractivity contribution in [3.63, 3.8) is 0 Å². The van der Waals surface area contributed by atoms with Gasteiger partial charge in [0, 0.05) is 11.6 Å². The van der Waals surface area contributed by atoms with Gasteiger partial charge in [0.25, 0.3) is 0 Å². The molecule has 0 aliphatic heterocycles. The minimum Gasteiger partial charge on any atom is -0.394 e. The van der Waals surface area contributed by atoms with Gasteiger partial charge in [-0.05, 0) is 12.3 Å². The fourth-order valence-corrected chi connectivity index (χ4v) is 1.82. The zero-order chi connectivity index (χ0) is 9.68. The number of nitrogens with zero attached hydrogens (tertiary/aromatic N) is 1. The number of aromatic nitrogens is 1. The van der Waals surface area contributed by atoms with Crippen molar-refractivity contribution in [2.75, 3.05) is 11.9 Å². The lowest BCUT2D eigenvalue weighted by molar-refractivity contribution is 0.259. The van der Waals surface area contributed by atoms with E-state index in [0.29, 0.717) is 5.92 Å². The Balaban J connectivity index is 2.40. The van der Waals surface area contributed by atoms with Gasteiger partial charge in [0.05, 0.1) is 12.6 Å². The van der Waals surface area contributed by atoms with E-state index in [4.69, 9.17) is 5.11 Å². The van der Waals surface area contributed by atoms with Crippen LogP contribution in [-0.4, -0.2) is 22.7 Å². The predicted molar refractivity (Wildman–Crippen MR) is 56.1 cm³/mol. The molecule has 3 nitrogen and oxygen atoms in total. The van der Waals surface area contributed by atoms with E-state index < -0.39 is 0 Å². The maximum absolute atomic E-state index is 9.09. The van der Waals surface area contributed by atoms with E-state index >= 15 is 0 Å². The van der Waals surface area contributed by atoms with Gasteiger partial charge in [0.2, 0.25) is 0 Å². The van der Waals surface area contributed by atoms with E-state index in [9.17, 15) is 0 Å². The zero-order valence-corrected chi connectivity index (χ0v) is 8.84. The molecule has 0 fully saturated rings. The molecule has 4 heteroatoms. The van der Waals surface area contributed by atoms with Crippen LogP contribution in [-0.2, 0) is 0 Å². The fraction of sp³-hybridized carbons (Fsp3) is 0.667. The molecule has 0 radical (unpaired) electrons. The van der Waals surface area contributed by atoms with Crippen LogP contribution in [0.4, 0.5) is 5.13 Å². The van der Waals surface area contributed by atoms with E-state index in [1.165, 1.54) is 0 Å². The molecule has 0 aliphatic rings. The topological polar surface area (TPSA) is 45.1 Å². The minimum atomic E-state index is 0.131. The Hall–Kier alpha value is -0.610. The largest absolute Gasteiger partial charge is 0.394 e. The molecular weight excluding hydrogens is 184 g/mol. The number of hydrogen-bond acceptors (Lipinski definition) is 4. The van der Waals surface area contributed by atoms with Crippen LogP contribution in [0, 0.1) is 5.92 Å². The van der Waals surface area contributed by atoms with Gasteiger partial charge in [-0.1, -0.05) is 13.8 Å². The minimum absolute atomic E-state index is 0.131. The van der Waals surface area contributed by atoms with Gasteiger partial charge in [0.1, 0.15) is 0 Å². The summed E-state index contributed by atoms with van der Waals surface area (Å²) in [5.41, 5.74) is 0. The highest BCUT2D eigenvalue weighted by molar-refractivity contribution is 7.13. The first-order valence-electron chi connectivity index (χ1n) is 4.49. The third kappa shape index (κ3) is 3.74.